The SMILES string of the molecule is Cc1cc(OCC2CC2)cc(C)c1C(=O)OCC1CC1. The van der Waals surface area contributed by atoms with Gasteiger partial charge in [0.05, 0.1) is 18.8 Å². The molecule has 1 aromatic rings. The van der Waals surface area contributed by atoms with E-state index in [2.05, 4.69) is 0 Å². The quantitative estimate of drug-likeness (QED) is 0.743. The number of carbonyl (C=O) groups is 1. The van der Waals surface area contributed by atoms with E-state index >= 15 is 0 Å². The lowest BCUT2D eigenvalue weighted by molar-refractivity contribution is 0.0484. The normalized spacial score (nSPS) is 17.9. The lowest BCUT2D eigenvalue weighted by Gasteiger charge is -2.13. The van der Waals surface area contributed by atoms with E-state index in [1.54, 1.807) is 0 Å². The van der Waals surface area contributed by atoms with Gasteiger partial charge in [0, 0.05) is 0 Å². The van der Waals surface area contributed by atoms with Gasteiger partial charge in [0.25, 0.3) is 0 Å². The van der Waals surface area contributed by atoms with Crippen molar-refractivity contribution < 1.29 is 14.3 Å². The summed E-state index contributed by atoms with van der Waals surface area (Å²) in [6.45, 7) is 5.26. The Balaban J connectivity index is 1.67. The molecule has 3 rings (SSSR count). The molecule has 0 aromatic heterocycles. The van der Waals surface area contributed by atoms with Gasteiger partial charge < -0.3 is 9.47 Å². The van der Waals surface area contributed by atoms with Crippen LogP contribution in [0.25, 0.3) is 0 Å². The highest BCUT2D eigenvalue weighted by molar-refractivity contribution is 5.93. The minimum absolute atomic E-state index is 0.194. The lowest BCUT2D eigenvalue weighted by atomic mass is 10.0. The molecule has 3 nitrogen and oxygen atoms in total. The predicted molar refractivity (Wildman–Crippen MR) is 77.1 cm³/mol. The summed E-state index contributed by atoms with van der Waals surface area (Å²) in [5.74, 6) is 2.01. The Morgan fingerprint density at radius 1 is 1.05 bits per heavy atom. The molecule has 2 fully saturated rings. The first-order valence-corrected chi connectivity index (χ1v) is 7.54. The van der Waals surface area contributed by atoms with Gasteiger partial charge in [0.15, 0.2) is 0 Å². The molecule has 0 aliphatic heterocycles. The lowest BCUT2D eigenvalue weighted by Crippen LogP contribution is -2.11. The monoisotopic (exact) mass is 274 g/mol. The van der Waals surface area contributed by atoms with Gasteiger partial charge in [-0.15, -0.1) is 0 Å². The molecule has 0 heterocycles. The van der Waals surface area contributed by atoms with Gasteiger partial charge in [-0.25, -0.2) is 4.79 Å². The van der Waals surface area contributed by atoms with Gasteiger partial charge in [-0.1, -0.05) is 0 Å². The third-order valence-corrected chi connectivity index (χ3v) is 4.04. The zero-order valence-corrected chi connectivity index (χ0v) is 12.3. The number of carbonyl (C=O) groups excluding carboxylic acids is 1. The highest BCUT2D eigenvalue weighted by Gasteiger charge is 2.25. The fourth-order valence-corrected chi connectivity index (χ4v) is 2.38. The van der Waals surface area contributed by atoms with Gasteiger partial charge in [-0.3, -0.25) is 0 Å². The van der Waals surface area contributed by atoms with Crippen molar-refractivity contribution in [2.45, 2.75) is 39.5 Å². The number of hydrogen-bond acceptors (Lipinski definition) is 3. The van der Waals surface area contributed by atoms with Crippen molar-refractivity contribution in [2.24, 2.45) is 11.8 Å². The summed E-state index contributed by atoms with van der Waals surface area (Å²) in [7, 11) is 0. The highest BCUT2D eigenvalue weighted by atomic mass is 16.5. The second kappa shape index (κ2) is 5.47. The molecule has 0 amide bonds. The van der Waals surface area contributed by atoms with E-state index in [0.29, 0.717) is 18.1 Å². The average Bonchev–Trinajstić information content (AvgIpc) is 3.26. The topological polar surface area (TPSA) is 35.5 Å². The molecule has 0 saturated heterocycles. The van der Waals surface area contributed by atoms with Crippen LogP contribution in [0.4, 0.5) is 0 Å². The van der Waals surface area contributed by atoms with E-state index in [-0.39, 0.29) is 5.97 Å². The largest absolute Gasteiger partial charge is 0.493 e. The summed E-state index contributed by atoms with van der Waals surface area (Å²) < 4.78 is 11.2. The predicted octanol–water partition coefficient (Wildman–Crippen LogP) is 3.66. The molecule has 0 unspecified atom stereocenters. The summed E-state index contributed by atoms with van der Waals surface area (Å²) in [6.07, 6.45) is 4.95. The summed E-state index contributed by atoms with van der Waals surface area (Å²) >= 11 is 0. The first kappa shape index (κ1) is 13.5. The van der Waals surface area contributed by atoms with Gasteiger partial charge >= 0.3 is 5.97 Å². The van der Waals surface area contributed by atoms with Crippen LogP contribution in [0.5, 0.6) is 5.75 Å². The molecule has 3 heteroatoms. The zero-order chi connectivity index (χ0) is 14.1. The van der Waals surface area contributed by atoms with Crippen molar-refractivity contribution in [1.29, 1.82) is 0 Å². The molecule has 108 valence electrons. The number of esters is 1. The maximum atomic E-state index is 12.1. The van der Waals surface area contributed by atoms with Crippen molar-refractivity contribution in [3.8, 4) is 5.75 Å². The van der Waals surface area contributed by atoms with Crippen LogP contribution in [-0.2, 0) is 4.74 Å². The number of benzene rings is 1. The molecule has 0 N–H and O–H groups in total. The van der Waals surface area contributed by atoms with Crippen LogP contribution in [0, 0.1) is 25.7 Å². The van der Waals surface area contributed by atoms with Crippen LogP contribution in [0.2, 0.25) is 0 Å². The maximum absolute atomic E-state index is 12.1. The molecule has 2 saturated carbocycles. The van der Waals surface area contributed by atoms with E-state index in [1.807, 2.05) is 26.0 Å². The second-order valence-electron chi connectivity index (χ2n) is 6.23. The number of hydrogen-bond donors (Lipinski definition) is 0. The Labute approximate surface area is 120 Å². The van der Waals surface area contributed by atoms with Crippen LogP contribution < -0.4 is 4.74 Å². The van der Waals surface area contributed by atoms with E-state index < -0.39 is 0 Å². The van der Waals surface area contributed by atoms with Crippen molar-refractivity contribution >= 4 is 5.97 Å². The molecule has 0 radical (unpaired) electrons. The Morgan fingerprint density at radius 2 is 1.60 bits per heavy atom. The van der Waals surface area contributed by atoms with E-state index in [9.17, 15) is 4.79 Å². The molecular weight excluding hydrogens is 252 g/mol. The Morgan fingerprint density at radius 3 is 2.15 bits per heavy atom. The Bertz CT molecular complexity index is 490. The summed E-state index contributed by atoms with van der Waals surface area (Å²) in [5.41, 5.74) is 2.58. The van der Waals surface area contributed by atoms with Crippen LogP contribution in [-0.4, -0.2) is 19.2 Å². The second-order valence-corrected chi connectivity index (χ2v) is 6.23. The highest BCUT2D eigenvalue weighted by Crippen LogP contribution is 2.31. The minimum atomic E-state index is -0.194. The van der Waals surface area contributed by atoms with Crippen molar-refractivity contribution in [3.63, 3.8) is 0 Å². The van der Waals surface area contributed by atoms with Crippen LogP contribution >= 0.6 is 0 Å². The van der Waals surface area contributed by atoms with E-state index in [0.717, 1.165) is 29.4 Å². The van der Waals surface area contributed by atoms with Gasteiger partial charge in [-0.2, -0.15) is 0 Å². The molecule has 2 aliphatic rings. The molecule has 0 bridgehead atoms. The first-order valence-electron chi connectivity index (χ1n) is 7.54. The zero-order valence-electron chi connectivity index (χ0n) is 12.3. The maximum Gasteiger partial charge on any atom is 0.338 e. The molecule has 20 heavy (non-hydrogen) atoms. The number of ether oxygens (including phenoxy) is 2. The third-order valence-electron chi connectivity index (χ3n) is 4.04. The van der Waals surface area contributed by atoms with Gasteiger partial charge in [0.1, 0.15) is 5.75 Å². The smallest absolute Gasteiger partial charge is 0.338 e. The first-order chi connectivity index (χ1) is 9.63. The van der Waals surface area contributed by atoms with Gasteiger partial charge in [0.2, 0.25) is 0 Å². The third kappa shape index (κ3) is 3.33. The molecule has 2 aliphatic carbocycles. The summed E-state index contributed by atoms with van der Waals surface area (Å²) in [6, 6.07) is 3.90. The standard InChI is InChI=1S/C17H22O3/c1-11-7-15(19-9-13-3-4-13)8-12(2)16(11)17(18)20-10-14-5-6-14/h7-8,13-14H,3-6,9-10H2,1-2H3. The molecule has 0 spiro atoms. The van der Waals surface area contributed by atoms with Crippen molar-refractivity contribution in [2.75, 3.05) is 13.2 Å². The van der Waals surface area contributed by atoms with Crippen LogP contribution in [0.3, 0.4) is 0 Å². The molecule has 1 aromatic carbocycles. The summed E-state index contributed by atoms with van der Waals surface area (Å²) in [4.78, 5) is 12.1. The van der Waals surface area contributed by atoms with Crippen LogP contribution in [0.15, 0.2) is 12.1 Å². The van der Waals surface area contributed by atoms with Crippen molar-refractivity contribution in [3.05, 3.63) is 28.8 Å². The Kier molecular flexibility index (Phi) is 3.68. The molecular formula is C17H22O3. The minimum Gasteiger partial charge on any atom is -0.493 e. The van der Waals surface area contributed by atoms with Crippen molar-refractivity contribution in [1.82, 2.24) is 0 Å². The number of rotatable bonds is 6. The molecule has 0 atom stereocenters. The summed E-state index contributed by atoms with van der Waals surface area (Å²) in [5, 5.41) is 0. The Hall–Kier alpha value is -1.51. The van der Waals surface area contributed by atoms with Gasteiger partial charge in [-0.05, 0) is 74.6 Å². The van der Waals surface area contributed by atoms with Crippen LogP contribution in [0.1, 0.15) is 47.2 Å². The van der Waals surface area contributed by atoms with E-state index in [4.69, 9.17) is 9.47 Å². The van der Waals surface area contributed by atoms with E-state index in [1.165, 1.54) is 25.7 Å². The fraction of sp³-hybridized carbons (Fsp3) is 0.588. The number of aryl methyl sites for hydroxylation is 2. The fourth-order valence-electron chi connectivity index (χ4n) is 2.38. The average molecular weight is 274 g/mol.